The van der Waals surface area contributed by atoms with Crippen LogP contribution in [0.5, 0.6) is 0 Å². The lowest BCUT2D eigenvalue weighted by Gasteiger charge is -2.07. The Morgan fingerprint density at radius 3 is 2.20 bits per heavy atom. The molecule has 1 aromatic carbocycles. The fraction of sp³-hybridized carbons (Fsp3) is 0.222. The Balaban J connectivity index is 2.86. The maximum absolute atomic E-state index is 12.1. The van der Waals surface area contributed by atoms with Crippen molar-refractivity contribution < 1.29 is 23.1 Å². The van der Waals surface area contributed by atoms with E-state index in [1.54, 1.807) is 0 Å². The summed E-state index contributed by atoms with van der Waals surface area (Å²) in [7, 11) is 0. The quantitative estimate of drug-likeness (QED) is 0.738. The van der Waals surface area contributed by atoms with Crippen molar-refractivity contribution in [1.82, 2.24) is 5.32 Å². The van der Waals surface area contributed by atoms with E-state index in [2.05, 4.69) is 5.32 Å². The molecule has 0 radical (unpaired) electrons. The Kier molecular flexibility index (Phi) is 3.31. The minimum atomic E-state index is -4.41. The van der Waals surface area contributed by atoms with Gasteiger partial charge in [-0.15, -0.1) is 0 Å². The molecule has 0 spiro atoms. The number of rotatable bonds is 2. The molecule has 0 saturated heterocycles. The summed E-state index contributed by atoms with van der Waals surface area (Å²) in [6, 6.07) is 3.72. The van der Waals surface area contributed by atoms with Crippen LogP contribution >= 0.6 is 0 Å². The number of amides is 1. The molecule has 0 aliphatic carbocycles. The van der Waals surface area contributed by atoms with Crippen LogP contribution in [0.1, 0.15) is 15.9 Å². The highest BCUT2D eigenvalue weighted by Crippen LogP contribution is 2.28. The Morgan fingerprint density at radius 2 is 1.80 bits per heavy atom. The van der Waals surface area contributed by atoms with Gasteiger partial charge in [-0.3, -0.25) is 4.79 Å². The van der Waals surface area contributed by atoms with E-state index in [0.717, 1.165) is 24.3 Å². The molecule has 1 aromatic rings. The number of carbonyl (C=O) groups excluding carboxylic acids is 1. The van der Waals surface area contributed by atoms with Gasteiger partial charge in [0.05, 0.1) is 5.56 Å². The molecular formula is C9H8F3NO2. The molecule has 1 rings (SSSR count). The van der Waals surface area contributed by atoms with Gasteiger partial charge in [-0.1, -0.05) is 0 Å². The van der Waals surface area contributed by atoms with Crippen molar-refractivity contribution in [3.05, 3.63) is 35.4 Å². The number of halogens is 3. The lowest BCUT2D eigenvalue weighted by atomic mass is 10.1. The third-order valence-corrected chi connectivity index (χ3v) is 1.71. The van der Waals surface area contributed by atoms with Crippen molar-refractivity contribution in [1.29, 1.82) is 0 Å². The van der Waals surface area contributed by atoms with Crippen LogP contribution in [0.25, 0.3) is 0 Å². The molecule has 0 fully saturated rings. The standard InChI is InChI=1S/C9H8F3NO2/c10-9(11,12)7-3-1-6(2-4-7)8(15)13-5-14/h1-4,14H,5H2,(H,13,15). The van der Waals surface area contributed by atoms with E-state index < -0.39 is 24.4 Å². The highest BCUT2D eigenvalue weighted by Gasteiger charge is 2.30. The van der Waals surface area contributed by atoms with Gasteiger partial charge in [-0.2, -0.15) is 13.2 Å². The van der Waals surface area contributed by atoms with E-state index in [0.29, 0.717) is 0 Å². The summed E-state index contributed by atoms with van der Waals surface area (Å²) in [5.41, 5.74) is -0.750. The van der Waals surface area contributed by atoms with Crippen LogP contribution in [0, 0.1) is 0 Å². The second-order valence-electron chi connectivity index (χ2n) is 2.74. The largest absolute Gasteiger partial charge is 0.416 e. The molecule has 0 bridgehead atoms. The van der Waals surface area contributed by atoms with Gasteiger partial charge in [0.25, 0.3) is 5.91 Å². The van der Waals surface area contributed by atoms with Gasteiger partial charge in [0, 0.05) is 5.56 Å². The molecule has 0 saturated carbocycles. The molecule has 15 heavy (non-hydrogen) atoms. The Labute approximate surface area is 83.5 Å². The Morgan fingerprint density at radius 1 is 1.27 bits per heavy atom. The number of aliphatic hydroxyl groups excluding tert-OH is 1. The van der Waals surface area contributed by atoms with Crippen LogP contribution in [0.15, 0.2) is 24.3 Å². The smallest absolute Gasteiger partial charge is 0.376 e. The van der Waals surface area contributed by atoms with Crippen molar-refractivity contribution in [3.63, 3.8) is 0 Å². The molecule has 82 valence electrons. The van der Waals surface area contributed by atoms with Crippen LogP contribution in [-0.2, 0) is 6.18 Å². The number of nitrogens with one attached hydrogen (secondary N) is 1. The molecule has 3 nitrogen and oxygen atoms in total. The second kappa shape index (κ2) is 4.31. The topological polar surface area (TPSA) is 49.3 Å². The number of alkyl halides is 3. The summed E-state index contributed by atoms with van der Waals surface area (Å²) in [5, 5.41) is 10.4. The summed E-state index contributed by atoms with van der Waals surface area (Å²) in [4.78, 5) is 11.1. The van der Waals surface area contributed by atoms with Gasteiger partial charge in [0.15, 0.2) is 0 Å². The highest BCUT2D eigenvalue weighted by atomic mass is 19.4. The van der Waals surface area contributed by atoms with Gasteiger partial charge in [-0.05, 0) is 24.3 Å². The Bertz CT molecular complexity index is 345. The van der Waals surface area contributed by atoms with Crippen LogP contribution in [0.2, 0.25) is 0 Å². The van der Waals surface area contributed by atoms with E-state index >= 15 is 0 Å². The maximum Gasteiger partial charge on any atom is 0.416 e. The minimum Gasteiger partial charge on any atom is -0.376 e. The number of carbonyl (C=O) groups is 1. The lowest BCUT2D eigenvalue weighted by Crippen LogP contribution is -2.24. The molecule has 2 N–H and O–H groups in total. The molecule has 0 heterocycles. The first-order chi connectivity index (χ1) is 6.95. The molecule has 1 amide bonds. The minimum absolute atomic E-state index is 0.0667. The molecule has 0 atom stereocenters. The fourth-order valence-electron chi connectivity index (χ4n) is 0.984. The molecule has 0 aromatic heterocycles. The zero-order valence-corrected chi connectivity index (χ0v) is 7.51. The van der Waals surface area contributed by atoms with Gasteiger partial charge < -0.3 is 10.4 Å². The number of hydrogen-bond acceptors (Lipinski definition) is 2. The van der Waals surface area contributed by atoms with Crippen molar-refractivity contribution in [2.24, 2.45) is 0 Å². The summed E-state index contributed by atoms with van der Waals surface area (Å²) < 4.78 is 36.4. The zero-order valence-electron chi connectivity index (χ0n) is 7.51. The van der Waals surface area contributed by atoms with E-state index in [1.807, 2.05) is 0 Å². The summed E-state index contributed by atoms with van der Waals surface area (Å²) in [6.45, 7) is -0.556. The monoisotopic (exact) mass is 219 g/mol. The molecular weight excluding hydrogens is 211 g/mol. The summed E-state index contributed by atoms with van der Waals surface area (Å²) in [6.07, 6.45) is -4.41. The number of hydrogen-bond donors (Lipinski definition) is 2. The van der Waals surface area contributed by atoms with E-state index in [9.17, 15) is 18.0 Å². The second-order valence-corrected chi connectivity index (χ2v) is 2.74. The van der Waals surface area contributed by atoms with Crippen molar-refractivity contribution in [3.8, 4) is 0 Å². The molecule has 0 aliphatic rings. The molecule has 0 unspecified atom stereocenters. The first-order valence-electron chi connectivity index (χ1n) is 4.01. The summed E-state index contributed by atoms with van der Waals surface area (Å²) >= 11 is 0. The third-order valence-electron chi connectivity index (χ3n) is 1.71. The predicted molar refractivity (Wildman–Crippen MR) is 46.0 cm³/mol. The van der Waals surface area contributed by atoms with Gasteiger partial charge >= 0.3 is 6.18 Å². The van der Waals surface area contributed by atoms with Crippen molar-refractivity contribution in [2.45, 2.75) is 6.18 Å². The molecule has 0 aliphatic heterocycles. The lowest BCUT2D eigenvalue weighted by molar-refractivity contribution is -0.137. The first kappa shape index (κ1) is 11.5. The fourth-order valence-corrected chi connectivity index (χ4v) is 0.984. The first-order valence-corrected chi connectivity index (χ1v) is 4.01. The van der Waals surface area contributed by atoms with Gasteiger partial charge in [-0.25, -0.2) is 0 Å². The predicted octanol–water partition coefficient (Wildman–Crippen LogP) is 1.39. The van der Waals surface area contributed by atoms with Crippen molar-refractivity contribution in [2.75, 3.05) is 6.73 Å². The average Bonchev–Trinajstić information content (AvgIpc) is 2.17. The average molecular weight is 219 g/mol. The zero-order chi connectivity index (χ0) is 11.5. The van der Waals surface area contributed by atoms with E-state index in [4.69, 9.17) is 5.11 Å². The number of aliphatic hydroxyl groups is 1. The van der Waals surface area contributed by atoms with Crippen molar-refractivity contribution >= 4 is 5.91 Å². The van der Waals surface area contributed by atoms with Crippen LogP contribution < -0.4 is 5.32 Å². The van der Waals surface area contributed by atoms with Gasteiger partial charge in [0.2, 0.25) is 0 Å². The normalized spacial score (nSPS) is 11.2. The number of benzene rings is 1. The van der Waals surface area contributed by atoms with Gasteiger partial charge in [0.1, 0.15) is 6.73 Å². The third kappa shape index (κ3) is 2.95. The molecule has 6 heteroatoms. The highest BCUT2D eigenvalue weighted by molar-refractivity contribution is 5.94. The Hall–Kier alpha value is -1.56. The van der Waals surface area contributed by atoms with Crippen LogP contribution in [0.3, 0.4) is 0 Å². The van der Waals surface area contributed by atoms with Crippen LogP contribution in [0.4, 0.5) is 13.2 Å². The maximum atomic E-state index is 12.1. The summed E-state index contributed by atoms with van der Waals surface area (Å²) in [5.74, 6) is -0.619. The van der Waals surface area contributed by atoms with E-state index in [-0.39, 0.29) is 5.56 Å². The SMILES string of the molecule is O=C(NCO)c1ccc(C(F)(F)F)cc1. The van der Waals surface area contributed by atoms with E-state index in [1.165, 1.54) is 0 Å². The van der Waals surface area contributed by atoms with Crippen LogP contribution in [-0.4, -0.2) is 17.7 Å².